The minimum absolute atomic E-state index is 0.153. The Bertz CT molecular complexity index is 549. The van der Waals surface area contributed by atoms with Crippen LogP contribution in [0, 0.1) is 0 Å². The molecule has 1 aliphatic heterocycles. The van der Waals surface area contributed by atoms with Crippen molar-refractivity contribution in [2.45, 2.75) is 50.3 Å². The molecular weight excluding hydrogens is 316 g/mol. The van der Waals surface area contributed by atoms with Gasteiger partial charge in [0.05, 0.1) is 11.8 Å². The topological polar surface area (TPSA) is 77.5 Å². The number of urea groups is 1. The van der Waals surface area contributed by atoms with Gasteiger partial charge in [0.1, 0.15) is 0 Å². The Morgan fingerprint density at radius 2 is 2.09 bits per heavy atom. The number of pyridine rings is 1. The molecule has 1 aromatic rings. The minimum atomic E-state index is -0.251. The van der Waals surface area contributed by atoms with Gasteiger partial charge in [0, 0.05) is 31.4 Å². The van der Waals surface area contributed by atoms with Gasteiger partial charge in [-0.3, -0.25) is 4.90 Å². The van der Waals surface area contributed by atoms with Crippen molar-refractivity contribution in [1.82, 2.24) is 15.2 Å². The first-order valence-electron chi connectivity index (χ1n) is 8.23. The van der Waals surface area contributed by atoms with Crippen LogP contribution in [-0.4, -0.2) is 52.3 Å². The van der Waals surface area contributed by atoms with Gasteiger partial charge in [0.2, 0.25) is 0 Å². The third-order valence-corrected chi connectivity index (χ3v) is 5.09. The van der Waals surface area contributed by atoms with Gasteiger partial charge in [-0.2, -0.15) is 0 Å². The van der Waals surface area contributed by atoms with E-state index in [0.29, 0.717) is 11.7 Å². The molecule has 0 unspecified atom stereocenters. The van der Waals surface area contributed by atoms with Crippen LogP contribution in [0.5, 0.6) is 0 Å². The molecule has 0 spiro atoms. The molecule has 1 saturated carbocycles. The number of rotatable bonds is 3. The van der Waals surface area contributed by atoms with E-state index in [9.17, 15) is 9.90 Å². The molecule has 2 heterocycles. The van der Waals surface area contributed by atoms with E-state index in [1.54, 1.807) is 18.3 Å². The average Bonchev–Trinajstić information content (AvgIpc) is 2.96. The van der Waals surface area contributed by atoms with Crippen LogP contribution >= 0.6 is 11.6 Å². The maximum atomic E-state index is 12.1. The number of carbonyl (C=O) groups is 1. The number of halogens is 1. The Labute approximate surface area is 141 Å². The lowest BCUT2D eigenvalue weighted by molar-refractivity contribution is 0.0537. The molecule has 1 aliphatic carbocycles. The molecule has 2 fully saturated rings. The Morgan fingerprint density at radius 3 is 2.74 bits per heavy atom. The second-order valence-corrected chi connectivity index (χ2v) is 6.67. The fourth-order valence-electron chi connectivity index (χ4n) is 3.55. The summed E-state index contributed by atoms with van der Waals surface area (Å²) >= 11 is 5.93. The number of likely N-dealkylation sites (tertiary alicyclic amines) is 1. The molecule has 7 heteroatoms. The van der Waals surface area contributed by atoms with Crippen molar-refractivity contribution in [3.8, 4) is 0 Å². The molecule has 0 radical (unpaired) electrons. The molecule has 23 heavy (non-hydrogen) atoms. The standard InChI is InChI=1S/C16H23ClN4O2/c17-15-12(3-2-8-18-15)20-16(23)19-11-6-9-21(10-7-11)13-4-1-5-14(13)22/h2-3,8,11,13-14,22H,1,4-7,9-10H2,(H2,19,20,23)/t13-,14-/m1/s1. The normalized spacial score (nSPS) is 26.2. The average molecular weight is 339 g/mol. The van der Waals surface area contributed by atoms with Crippen molar-refractivity contribution < 1.29 is 9.90 Å². The highest BCUT2D eigenvalue weighted by Gasteiger charge is 2.33. The van der Waals surface area contributed by atoms with E-state index in [-0.39, 0.29) is 23.3 Å². The van der Waals surface area contributed by atoms with Crippen LogP contribution in [0.15, 0.2) is 18.3 Å². The van der Waals surface area contributed by atoms with E-state index >= 15 is 0 Å². The lowest BCUT2D eigenvalue weighted by Crippen LogP contribution is -2.50. The molecule has 2 aliphatic rings. The second kappa shape index (κ2) is 7.47. The molecule has 0 bridgehead atoms. The fraction of sp³-hybridized carbons (Fsp3) is 0.625. The zero-order chi connectivity index (χ0) is 16.2. The van der Waals surface area contributed by atoms with Gasteiger partial charge < -0.3 is 15.7 Å². The number of hydrogen-bond donors (Lipinski definition) is 3. The molecule has 3 rings (SSSR count). The molecule has 0 aromatic carbocycles. The Balaban J connectivity index is 1.45. The number of aromatic nitrogens is 1. The summed E-state index contributed by atoms with van der Waals surface area (Å²) in [5.74, 6) is 0. The molecule has 126 valence electrons. The smallest absolute Gasteiger partial charge is 0.319 e. The third-order valence-electron chi connectivity index (χ3n) is 4.79. The maximum absolute atomic E-state index is 12.1. The Morgan fingerprint density at radius 1 is 1.30 bits per heavy atom. The van der Waals surface area contributed by atoms with Crippen LogP contribution in [0.25, 0.3) is 0 Å². The molecule has 1 aromatic heterocycles. The van der Waals surface area contributed by atoms with E-state index < -0.39 is 0 Å². The van der Waals surface area contributed by atoms with Crippen LogP contribution < -0.4 is 10.6 Å². The summed E-state index contributed by atoms with van der Waals surface area (Å²) in [4.78, 5) is 18.4. The van der Waals surface area contributed by atoms with E-state index in [4.69, 9.17) is 11.6 Å². The molecule has 6 nitrogen and oxygen atoms in total. The highest BCUT2D eigenvalue weighted by Crippen LogP contribution is 2.26. The quantitative estimate of drug-likeness (QED) is 0.739. The summed E-state index contributed by atoms with van der Waals surface area (Å²) in [6, 6.07) is 3.66. The van der Waals surface area contributed by atoms with Crippen LogP contribution in [0.2, 0.25) is 5.15 Å². The number of amides is 2. The lowest BCUT2D eigenvalue weighted by atomic mass is 10.0. The predicted octanol–water partition coefficient (Wildman–Crippen LogP) is 2.23. The predicted molar refractivity (Wildman–Crippen MR) is 89.6 cm³/mol. The summed E-state index contributed by atoms with van der Waals surface area (Å²) in [5.41, 5.74) is 0.512. The van der Waals surface area contributed by atoms with Gasteiger partial charge in [-0.25, -0.2) is 9.78 Å². The van der Waals surface area contributed by atoms with E-state index in [0.717, 1.165) is 45.2 Å². The van der Waals surface area contributed by atoms with Crippen LogP contribution in [0.3, 0.4) is 0 Å². The van der Waals surface area contributed by atoms with E-state index in [2.05, 4.69) is 20.5 Å². The summed E-state index contributed by atoms with van der Waals surface area (Å²) in [6.07, 6.45) is 6.30. The van der Waals surface area contributed by atoms with Crippen molar-refractivity contribution in [3.63, 3.8) is 0 Å². The number of aliphatic hydroxyl groups excluding tert-OH is 1. The number of nitrogens with zero attached hydrogens (tertiary/aromatic N) is 2. The monoisotopic (exact) mass is 338 g/mol. The molecule has 2 amide bonds. The summed E-state index contributed by atoms with van der Waals surface area (Å²) in [7, 11) is 0. The maximum Gasteiger partial charge on any atom is 0.319 e. The zero-order valence-corrected chi connectivity index (χ0v) is 13.8. The third kappa shape index (κ3) is 4.13. The van der Waals surface area contributed by atoms with Gasteiger partial charge in [-0.15, -0.1) is 0 Å². The molecule has 1 saturated heterocycles. The lowest BCUT2D eigenvalue weighted by Gasteiger charge is -2.37. The number of aliphatic hydroxyl groups is 1. The Hall–Kier alpha value is -1.37. The highest BCUT2D eigenvalue weighted by molar-refractivity contribution is 6.32. The van der Waals surface area contributed by atoms with Gasteiger partial charge in [-0.05, 0) is 44.2 Å². The van der Waals surface area contributed by atoms with Crippen molar-refractivity contribution in [3.05, 3.63) is 23.5 Å². The number of anilines is 1. The number of piperidine rings is 1. The van der Waals surface area contributed by atoms with Crippen LogP contribution in [-0.2, 0) is 0 Å². The number of carbonyl (C=O) groups excluding carboxylic acids is 1. The van der Waals surface area contributed by atoms with Crippen LogP contribution in [0.1, 0.15) is 32.1 Å². The molecule has 3 N–H and O–H groups in total. The highest BCUT2D eigenvalue weighted by atomic mass is 35.5. The van der Waals surface area contributed by atoms with E-state index in [1.807, 2.05) is 0 Å². The summed E-state index contributed by atoms with van der Waals surface area (Å²) in [5, 5.41) is 16.0. The van der Waals surface area contributed by atoms with Gasteiger partial charge >= 0.3 is 6.03 Å². The first-order chi connectivity index (χ1) is 11.1. The first-order valence-corrected chi connectivity index (χ1v) is 8.61. The SMILES string of the molecule is O=C(Nc1cccnc1Cl)NC1CCN([C@@H]2CCC[C@H]2O)CC1. The van der Waals surface area contributed by atoms with E-state index in [1.165, 1.54) is 0 Å². The number of hydrogen-bond acceptors (Lipinski definition) is 4. The fourth-order valence-corrected chi connectivity index (χ4v) is 3.71. The number of nitrogens with one attached hydrogen (secondary N) is 2. The van der Waals surface area contributed by atoms with Gasteiger partial charge in [0.25, 0.3) is 0 Å². The van der Waals surface area contributed by atoms with Gasteiger partial charge in [0.15, 0.2) is 5.15 Å². The molecule has 2 atom stereocenters. The van der Waals surface area contributed by atoms with Crippen molar-refractivity contribution in [2.75, 3.05) is 18.4 Å². The zero-order valence-electron chi connectivity index (χ0n) is 13.0. The largest absolute Gasteiger partial charge is 0.391 e. The second-order valence-electron chi connectivity index (χ2n) is 6.32. The minimum Gasteiger partial charge on any atom is -0.391 e. The summed E-state index contributed by atoms with van der Waals surface area (Å²) in [6.45, 7) is 1.83. The molecular formula is C16H23ClN4O2. The van der Waals surface area contributed by atoms with Crippen LogP contribution in [0.4, 0.5) is 10.5 Å². The summed E-state index contributed by atoms with van der Waals surface area (Å²) < 4.78 is 0. The van der Waals surface area contributed by atoms with Crippen molar-refractivity contribution in [2.24, 2.45) is 0 Å². The van der Waals surface area contributed by atoms with Crippen molar-refractivity contribution >= 4 is 23.3 Å². The van der Waals surface area contributed by atoms with Crippen molar-refractivity contribution in [1.29, 1.82) is 0 Å². The first kappa shape index (κ1) is 16.5. The van der Waals surface area contributed by atoms with Gasteiger partial charge in [-0.1, -0.05) is 11.6 Å². The Kier molecular flexibility index (Phi) is 5.35.